The first-order chi connectivity index (χ1) is 8.12. The third-order valence-corrected chi connectivity index (χ3v) is 4.41. The molecule has 2 aliphatic rings. The zero-order valence-electron chi connectivity index (χ0n) is 11.8. The maximum Gasteiger partial charge on any atom is 0.0337 e. The number of hydrogen-bond donors (Lipinski definition) is 1. The molecule has 0 aromatic heterocycles. The van der Waals surface area contributed by atoms with Crippen LogP contribution in [0, 0.1) is 5.92 Å². The lowest BCUT2D eigenvalue weighted by Gasteiger charge is -2.50. The summed E-state index contributed by atoms with van der Waals surface area (Å²) < 4.78 is 0. The highest BCUT2D eigenvalue weighted by atomic mass is 15.3. The van der Waals surface area contributed by atoms with E-state index in [1.165, 1.54) is 58.5 Å². The Bertz CT molecular complexity index is 226. The van der Waals surface area contributed by atoms with Gasteiger partial charge in [-0.15, -0.1) is 0 Å². The molecule has 0 spiro atoms. The molecule has 1 N–H and O–H groups in total. The van der Waals surface area contributed by atoms with Crippen molar-refractivity contribution in [3.8, 4) is 0 Å². The summed E-state index contributed by atoms with van der Waals surface area (Å²) in [4.78, 5) is 5.23. The maximum absolute atomic E-state index is 3.63. The summed E-state index contributed by atoms with van der Waals surface area (Å²) in [5.41, 5.74) is 0.452. The van der Waals surface area contributed by atoms with Crippen molar-refractivity contribution < 1.29 is 0 Å². The van der Waals surface area contributed by atoms with E-state index in [0.29, 0.717) is 5.54 Å². The van der Waals surface area contributed by atoms with Gasteiger partial charge in [0.05, 0.1) is 0 Å². The standard InChI is InChI=1S/C14H29N3/c1-13(2)11-14(5-4-6-15-12-14)17-9-7-16(3)8-10-17/h13,15H,4-12H2,1-3H3. The Morgan fingerprint density at radius 1 is 1.18 bits per heavy atom. The van der Waals surface area contributed by atoms with Gasteiger partial charge in [-0.05, 0) is 38.8 Å². The van der Waals surface area contributed by atoms with Gasteiger partial charge >= 0.3 is 0 Å². The number of piperidine rings is 1. The average molecular weight is 239 g/mol. The minimum absolute atomic E-state index is 0.452. The number of rotatable bonds is 3. The third-order valence-electron chi connectivity index (χ3n) is 4.41. The molecule has 0 aliphatic carbocycles. The van der Waals surface area contributed by atoms with Crippen molar-refractivity contribution in [2.45, 2.75) is 38.6 Å². The highest BCUT2D eigenvalue weighted by molar-refractivity contribution is 4.97. The van der Waals surface area contributed by atoms with E-state index in [2.05, 4.69) is 36.0 Å². The predicted molar refractivity (Wildman–Crippen MR) is 73.4 cm³/mol. The summed E-state index contributed by atoms with van der Waals surface area (Å²) >= 11 is 0. The average Bonchev–Trinajstić information content (AvgIpc) is 2.30. The van der Waals surface area contributed by atoms with Crippen LogP contribution in [0.2, 0.25) is 0 Å². The van der Waals surface area contributed by atoms with Gasteiger partial charge in [-0.1, -0.05) is 13.8 Å². The second kappa shape index (κ2) is 5.68. The lowest BCUT2D eigenvalue weighted by Crippen LogP contribution is -2.62. The van der Waals surface area contributed by atoms with Crippen molar-refractivity contribution in [2.24, 2.45) is 5.92 Å². The van der Waals surface area contributed by atoms with E-state index in [9.17, 15) is 0 Å². The fourth-order valence-electron chi connectivity index (χ4n) is 3.57. The Hall–Kier alpha value is -0.120. The summed E-state index contributed by atoms with van der Waals surface area (Å²) in [5, 5.41) is 3.63. The molecule has 2 heterocycles. The van der Waals surface area contributed by atoms with Gasteiger partial charge in [0.25, 0.3) is 0 Å². The molecule has 0 aromatic rings. The van der Waals surface area contributed by atoms with Crippen molar-refractivity contribution in [2.75, 3.05) is 46.3 Å². The van der Waals surface area contributed by atoms with Gasteiger partial charge in [-0.25, -0.2) is 0 Å². The van der Waals surface area contributed by atoms with Crippen molar-refractivity contribution in [3.63, 3.8) is 0 Å². The zero-order valence-corrected chi connectivity index (χ0v) is 11.8. The first-order valence-corrected chi connectivity index (χ1v) is 7.27. The highest BCUT2D eigenvalue weighted by Gasteiger charge is 2.39. The molecule has 2 fully saturated rings. The number of likely N-dealkylation sites (N-methyl/N-ethyl adjacent to an activating group) is 1. The van der Waals surface area contributed by atoms with Gasteiger partial charge in [-0.2, -0.15) is 0 Å². The highest BCUT2D eigenvalue weighted by Crippen LogP contribution is 2.31. The molecule has 17 heavy (non-hydrogen) atoms. The van der Waals surface area contributed by atoms with Crippen LogP contribution in [0.4, 0.5) is 0 Å². The van der Waals surface area contributed by atoms with Crippen LogP contribution in [-0.2, 0) is 0 Å². The van der Waals surface area contributed by atoms with E-state index < -0.39 is 0 Å². The fourth-order valence-corrected chi connectivity index (χ4v) is 3.57. The van der Waals surface area contributed by atoms with Gasteiger partial charge in [0, 0.05) is 38.3 Å². The molecule has 3 heteroatoms. The summed E-state index contributed by atoms with van der Waals surface area (Å²) in [6, 6.07) is 0. The van der Waals surface area contributed by atoms with Gasteiger partial charge in [0.2, 0.25) is 0 Å². The van der Waals surface area contributed by atoms with Crippen LogP contribution in [0.15, 0.2) is 0 Å². The van der Waals surface area contributed by atoms with E-state index in [1.54, 1.807) is 0 Å². The summed E-state index contributed by atoms with van der Waals surface area (Å²) in [6.45, 7) is 12.1. The minimum atomic E-state index is 0.452. The van der Waals surface area contributed by atoms with Crippen molar-refractivity contribution in [1.82, 2.24) is 15.1 Å². The summed E-state index contributed by atoms with van der Waals surface area (Å²) in [7, 11) is 2.24. The van der Waals surface area contributed by atoms with Crippen LogP contribution in [0.3, 0.4) is 0 Å². The fraction of sp³-hybridized carbons (Fsp3) is 1.00. The third kappa shape index (κ3) is 3.21. The summed E-state index contributed by atoms with van der Waals surface area (Å²) in [5.74, 6) is 0.801. The largest absolute Gasteiger partial charge is 0.315 e. The van der Waals surface area contributed by atoms with E-state index in [1.807, 2.05) is 0 Å². The lowest BCUT2D eigenvalue weighted by atomic mass is 9.80. The predicted octanol–water partition coefficient (Wildman–Crippen LogP) is 1.40. The van der Waals surface area contributed by atoms with Crippen molar-refractivity contribution in [1.29, 1.82) is 0 Å². The second-order valence-electron chi connectivity index (χ2n) is 6.39. The Morgan fingerprint density at radius 3 is 2.41 bits per heavy atom. The molecular formula is C14H29N3. The minimum Gasteiger partial charge on any atom is -0.315 e. The molecule has 1 unspecified atom stereocenters. The Labute approximate surface area is 107 Å². The quantitative estimate of drug-likeness (QED) is 0.803. The van der Waals surface area contributed by atoms with Crippen LogP contribution in [0.25, 0.3) is 0 Å². The molecule has 0 radical (unpaired) electrons. The van der Waals surface area contributed by atoms with Gasteiger partial charge < -0.3 is 10.2 Å². The number of nitrogens with zero attached hydrogens (tertiary/aromatic N) is 2. The van der Waals surface area contributed by atoms with Gasteiger partial charge in [0.1, 0.15) is 0 Å². The summed E-state index contributed by atoms with van der Waals surface area (Å²) in [6.07, 6.45) is 4.09. The molecular weight excluding hydrogens is 210 g/mol. The molecule has 0 amide bonds. The van der Waals surface area contributed by atoms with Crippen LogP contribution >= 0.6 is 0 Å². The number of hydrogen-bond acceptors (Lipinski definition) is 3. The van der Waals surface area contributed by atoms with E-state index >= 15 is 0 Å². The Morgan fingerprint density at radius 2 is 1.88 bits per heavy atom. The molecule has 3 nitrogen and oxygen atoms in total. The van der Waals surface area contributed by atoms with Crippen molar-refractivity contribution in [3.05, 3.63) is 0 Å². The number of nitrogens with one attached hydrogen (secondary N) is 1. The van der Waals surface area contributed by atoms with Crippen LogP contribution in [0.5, 0.6) is 0 Å². The molecule has 0 saturated carbocycles. The van der Waals surface area contributed by atoms with Gasteiger partial charge in [-0.3, -0.25) is 4.90 Å². The Balaban J connectivity index is 2.03. The van der Waals surface area contributed by atoms with E-state index in [0.717, 1.165) is 5.92 Å². The molecule has 2 saturated heterocycles. The maximum atomic E-state index is 3.63. The molecule has 0 bridgehead atoms. The molecule has 2 aliphatic heterocycles. The second-order valence-corrected chi connectivity index (χ2v) is 6.39. The van der Waals surface area contributed by atoms with Crippen LogP contribution < -0.4 is 5.32 Å². The first kappa shape index (κ1) is 13.3. The Kier molecular flexibility index (Phi) is 4.45. The first-order valence-electron chi connectivity index (χ1n) is 7.27. The van der Waals surface area contributed by atoms with Crippen molar-refractivity contribution >= 4 is 0 Å². The molecule has 100 valence electrons. The normalized spacial score (nSPS) is 33.2. The van der Waals surface area contributed by atoms with E-state index in [-0.39, 0.29) is 0 Å². The topological polar surface area (TPSA) is 18.5 Å². The van der Waals surface area contributed by atoms with Crippen LogP contribution in [-0.4, -0.2) is 61.7 Å². The smallest absolute Gasteiger partial charge is 0.0337 e. The van der Waals surface area contributed by atoms with Crippen LogP contribution in [0.1, 0.15) is 33.1 Å². The molecule has 1 atom stereocenters. The zero-order chi connectivity index (χ0) is 12.3. The number of piperazine rings is 1. The lowest BCUT2D eigenvalue weighted by molar-refractivity contribution is 0.00870. The molecule has 2 rings (SSSR count). The molecule has 0 aromatic carbocycles. The SMILES string of the molecule is CC(C)CC1(N2CCN(C)CC2)CCCNC1. The van der Waals surface area contributed by atoms with Gasteiger partial charge in [0.15, 0.2) is 0 Å². The monoisotopic (exact) mass is 239 g/mol. The van der Waals surface area contributed by atoms with E-state index in [4.69, 9.17) is 0 Å².